The van der Waals surface area contributed by atoms with Gasteiger partial charge in [0.1, 0.15) is 5.82 Å². The van der Waals surface area contributed by atoms with Crippen LogP contribution in [0.4, 0.5) is 10.1 Å². The summed E-state index contributed by atoms with van der Waals surface area (Å²) in [6, 6.07) is 6.00. The summed E-state index contributed by atoms with van der Waals surface area (Å²) in [5, 5.41) is 11.9. The summed E-state index contributed by atoms with van der Waals surface area (Å²) < 4.78 is 13.9. The first kappa shape index (κ1) is 13.5. The number of nitriles is 1. The van der Waals surface area contributed by atoms with Crippen molar-refractivity contribution >= 4 is 11.6 Å². The fourth-order valence-electron chi connectivity index (χ4n) is 2.27. The molecule has 1 amide bonds. The molecule has 1 atom stereocenters. The minimum absolute atomic E-state index is 0.114. The Balaban J connectivity index is 2.20. The molecule has 19 heavy (non-hydrogen) atoms. The van der Waals surface area contributed by atoms with Gasteiger partial charge in [-0.05, 0) is 24.6 Å². The molecule has 1 aliphatic heterocycles. The number of halogens is 1. The number of nitrogens with zero attached hydrogens (tertiary/aromatic N) is 2. The molecule has 0 aliphatic carbocycles. The summed E-state index contributed by atoms with van der Waals surface area (Å²) in [5.74, 6) is -0.644. The molecule has 0 radical (unpaired) electrons. The van der Waals surface area contributed by atoms with Gasteiger partial charge in [0.15, 0.2) is 0 Å². The summed E-state index contributed by atoms with van der Waals surface area (Å²) in [6.07, 6.45) is 0.663. The molecule has 0 aromatic heterocycles. The zero-order chi connectivity index (χ0) is 14.0. The molecule has 1 aromatic rings. The van der Waals surface area contributed by atoms with Crippen LogP contribution in [0.15, 0.2) is 18.2 Å². The third-order valence-corrected chi connectivity index (χ3v) is 3.11. The Morgan fingerprint density at radius 3 is 2.84 bits per heavy atom. The van der Waals surface area contributed by atoms with E-state index in [1.165, 1.54) is 17.0 Å². The second kappa shape index (κ2) is 5.37. The molecule has 0 spiro atoms. The second-order valence-corrected chi connectivity index (χ2v) is 4.93. The van der Waals surface area contributed by atoms with Crippen molar-refractivity contribution in [3.05, 3.63) is 29.6 Å². The Bertz CT molecular complexity index is 536. The first-order valence-electron chi connectivity index (χ1n) is 6.30. The number of anilines is 1. The topological polar surface area (TPSA) is 56.1 Å². The SMILES string of the molecule is CC(C)NC1CCN(c2ccc(C#N)cc2F)C1=O. The lowest BCUT2D eigenvalue weighted by atomic mass is 10.2. The summed E-state index contributed by atoms with van der Waals surface area (Å²) >= 11 is 0. The van der Waals surface area contributed by atoms with Gasteiger partial charge in [0, 0.05) is 12.6 Å². The smallest absolute Gasteiger partial charge is 0.244 e. The molecule has 5 heteroatoms. The number of carbonyl (C=O) groups is 1. The molecule has 2 rings (SSSR count). The van der Waals surface area contributed by atoms with E-state index in [9.17, 15) is 9.18 Å². The molecular formula is C14H16FN3O. The summed E-state index contributed by atoms with van der Waals surface area (Å²) in [6.45, 7) is 4.43. The molecule has 1 heterocycles. The van der Waals surface area contributed by atoms with Crippen LogP contribution in [-0.2, 0) is 4.79 Å². The fourth-order valence-corrected chi connectivity index (χ4v) is 2.27. The Kier molecular flexibility index (Phi) is 3.82. The van der Waals surface area contributed by atoms with Crippen LogP contribution < -0.4 is 10.2 Å². The highest BCUT2D eigenvalue weighted by molar-refractivity contribution is 5.99. The van der Waals surface area contributed by atoms with Gasteiger partial charge in [-0.15, -0.1) is 0 Å². The molecule has 1 fully saturated rings. The average molecular weight is 261 g/mol. The average Bonchev–Trinajstić information content (AvgIpc) is 2.70. The van der Waals surface area contributed by atoms with Gasteiger partial charge >= 0.3 is 0 Å². The van der Waals surface area contributed by atoms with E-state index in [1.807, 2.05) is 19.9 Å². The van der Waals surface area contributed by atoms with Gasteiger partial charge < -0.3 is 10.2 Å². The summed E-state index contributed by atoms with van der Waals surface area (Å²) in [7, 11) is 0. The minimum Gasteiger partial charge on any atom is -0.308 e. The lowest BCUT2D eigenvalue weighted by molar-refractivity contribution is -0.119. The van der Waals surface area contributed by atoms with Gasteiger partial charge in [0.2, 0.25) is 5.91 Å². The quantitative estimate of drug-likeness (QED) is 0.902. The van der Waals surface area contributed by atoms with Crippen molar-refractivity contribution in [2.24, 2.45) is 0 Å². The van der Waals surface area contributed by atoms with Crippen molar-refractivity contribution in [2.75, 3.05) is 11.4 Å². The lowest BCUT2D eigenvalue weighted by Gasteiger charge is -2.19. The molecule has 0 bridgehead atoms. The fraction of sp³-hybridized carbons (Fsp3) is 0.429. The maximum absolute atomic E-state index is 13.9. The Labute approximate surface area is 111 Å². The van der Waals surface area contributed by atoms with E-state index in [0.717, 1.165) is 6.07 Å². The first-order valence-corrected chi connectivity index (χ1v) is 6.30. The monoisotopic (exact) mass is 261 g/mol. The second-order valence-electron chi connectivity index (χ2n) is 4.93. The predicted molar refractivity (Wildman–Crippen MR) is 70.1 cm³/mol. The van der Waals surface area contributed by atoms with Gasteiger partial charge in [0.25, 0.3) is 0 Å². The standard InChI is InChI=1S/C14H16FN3O/c1-9(2)17-12-5-6-18(14(12)19)13-4-3-10(8-16)7-11(13)15/h3-4,7,9,12,17H,5-6H2,1-2H3. The van der Waals surface area contributed by atoms with Crippen molar-refractivity contribution in [1.29, 1.82) is 5.26 Å². The maximum Gasteiger partial charge on any atom is 0.244 e. The van der Waals surface area contributed by atoms with Crippen molar-refractivity contribution < 1.29 is 9.18 Å². The number of hydrogen-bond donors (Lipinski definition) is 1. The molecular weight excluding hydrogens is 245 g/mol. The van der Waals surface area contributed by atoms with E-state index < -0.39 is 5.82 Å². The van der Waals surface area contributed by atoms with Crippen LogP contribution >= 0.6 is 0 Å². The van der Waals surface area contributed by atoms with Gasteiger partial charge in [-0.2, -0.15) is 5.26 Å². The van der Waals surface area contributed by atoms with Crippen LogP contribution in [0.2, 0.25) is 0 Å². The zero-order valence-electron chi connectivity index (χ0n) is 11.0. The molecule has 0 saturated carbocycles. The molecule has 1 N–H and O–H groups in total. The molecule has 1 unspecified atom stereocenters. The highest BCUT2D eigenvalue weighted by Gasteiger charge is 2.33. The van der Waals surface area contributed by atoms with Crippen molar-refractivity contribution in [1.82, 2.24) is 5.32 Å². The van der Waals surface area contributed by atoms with Gasteiger partial charge in [0.05, 0.1) is 23.4 Å². The number of carbonyl (C=O) groups excluding carboxylic acids is 1. The molecule has 1 saturated heterocycles. The van der Waals surface area contributed by atoms with Crippen molar-refractivity contribution in [2.45, 2.75) is 32.4 Å². The van der Waals surface area contributed by atoms with Crippen LogP contribution in [0, 0.1) is 17.1 Å². The number of nitrogens with one attached hydrogen (secondary N) is 1. The number of rotatable bonds is 3. The van der Waals surface area contributed by atoms with E-state index in [1.54, 1.807) is 0 Å². The molecule has 4 nitrogen and oxygen atoms in total. The first-order chi connectivity index (χ1) is 9.02. The minimum atomic E-state index is -0.530. The largest absolute Gasteiger partial charge is 0.308 e. The zero-order valence-corrected chi connectivity index (χ0v) is 11.0. The normalized spacial score (nSPS) is 19.0. The van der Waals surface area contributed by atoms with Crippen LogP contribution in [0.3, 0.4) is 0 Å². The molecule has 100 valence electrons. The lowest BCUT2D eigenvalue weighted by Crippen LogP contribution is -2.41. The van der Waals surface area contributed by atoms with Crippen molar-refractivity contribution in [3.63, 3.8) is 0 Å². The van der Waals surface area contributed by atoms with Crippen LogP contribution in [0.5, 0.6) is 0 Å². The van der Waals surface area contributed by atoms with Crippen LogP contribution in [-0.4, -0.2) is 24.5 Å². The third kappa shape index (κ3) is 2.74. The van der Waals surface area contributed by atoms with Crippen molar-refractivity contribution in [3.8, 4) is 6.07 Å². The van der Waals surface area contributed by atoms with E-state index in [2.05, 4.69) is 5.32 Å². The summed E-state index contributed by atoms with van der Waals surface area (Å²) in [4.78, 5) is 13.6. The molecule has 1 aliphatic rings. The van der Waals surface area contributed by atoms with Gasteiger partial charge in [-0.25, -0.2) is 4.39 Å². The highest BCUT2D eigenvalue weighted by Crippen LogP contribution is 2.25. The number of hydrogen-bond acceptors (Lipinski definition) is 3. The Morgan fingerprint density at radius 1 is 1.53 bits per heavy atom. The molecule has 1 aromatic carbocycles. The third-order valence-electron chi connectivity index (χ3n) is 3.11. The maximum atomic E-state index is 13.9. The van der Waals surface area contributed by atoms with Gasteiger partial charge in [-0.3, -0.25) is 4.79 Å². The number of benzene rings is 1. The van der Waals surface area contributed by atoms with Crippen LogP contribution in [0.25, 0.3) is 0 Å². The Hall–Kier alpha value is -1.93. The number of amides is 1. The predicted octanol–water partition coefficient (Wildman–Crippen LogP) is 1.80. The van der Waals surface area contributed by atoms with E-state index in [4.69, 9.17) is 5.26 Å². The summed E-state index contributed by atoms with van der Waals surface area (Å²) in [5.41, 5.74) is 0.502. The van der Waals surface area contributed by atoms with E-state index in [-0.39, 0.29) is 29.2 Å². The Morgan fingerprint density at radius 2 is 2.26 bits per heavy atom. The highest BCUT2D eigenvalue weighted by atomic mass is 19.1. The van der Waals surface area contributed by atoms with E-state index >= 15 is 0 Å². The van der Waals surface area contributed by atoms with E-state index in [0.29, 0.717) is 13.0 Å². The van der Waals surface area contributed by atoms with Gasteiger partial charge in [-0.1, -0.05) is 13.8 Å². The van der Waals surface area contributed by atoms with Crippen LogP contribution in [0.1, 0.15) is 25.8 Å².